The fourth-order valence-corrected chi connectivity index (χ4v) is 3.11. The van der Waals surface area contributed by atoms with Gasteiger partial charge in [0.05, 0.1) is 14.2 Å². The average Bonchev–Trinajstić information content (AvgIpc) is 2.96. The lowest BCUT2D eigenvalue weighted by molar-refractivity contribution is 0.354. The maximum absolute atomic E-state index is 5.39. The van der Waals surface area contributed by atoms with Crippen LogP contribution in [0.25, 0.3) is 0 Å². The normalized spacial score (nSPS) is 13.0. The third-order valence-corrected chi connectivity index (χ3v) is 4.16. The number of hydrogen-bond acceptors (Lipinski definition) is 4. The van der Waals surface area contributed by atoms with Gasteiger partial charge >= 0.3 is 0 Å². The molecule has 1 N–H and O–H groups in total. The highest BCUT2D eigenvalue weighted by atomic mass is 32.1. The van der Waals surface area contributed by atoms with Crippen molar-refractivity contribution in [3.8, 4) is 11.5 Å². The summed E-state index contributed by atoms with van der Waals surface area (Å²) in [4.78, 5) is 7.96. The molecule has 3 rings (SSSR count). The number of rotatable bonds is 4. The Morgan fingerprint density at radius 2 is 2.00 bits per heavy atom. The number of H-pyrrole nitrogens is 1. The summed E-state index contributed by atoms with van der Waals surface area (Å²) < 4.78 is 11.3. The number of aromatic nitrogens is 2. The Hall–Kier alpha value is -1.88. The number of benzene rings is 1. The smallest absolute Gasteiger partial charge is 0.161 e. The minimum atomic E-state index is 0.706. The lowest BCUT2D eigenvalue weighted by Crippen LogP contribution is -2.02. The summed E-state index contributed by atoms with van der Waals surface area (Å²) >= 11 is 5.39. The van der Waals surface area contributed by atoms with Crippen LogP contribution in [0, 0.1) is 4.64 Å². The molecule has 21 heavy (non-hydrogen) atoms. The van der Waals surface area contributed by atoms with Crippen LogP contribution < -0.4 is 9.47 Å². The van der Waals surface area contributed by atoms with Gasteiger partial charge in [-0.15, -0.1) is 0 Å². The van der Waals surface area contributed by atoms with Crippen LogP contribution in [0.3, 0.4) is 0 Å². The van der Waals surface area contributed by atoms with Gasteiger partial charge in [-0.2, -0.15) is 0 Å². The van der Waals surface area contributed by atoms with Gasteiger partial charge in [0.1, 0.15) is 10.5 Å². The lowest BCUT2D eigenvalue weighted by atomic mass is 10.1. The van der Waals surface area contributed by atoms with Crippen molar-refractivity contribution < 1.29 is 9.47 Å². The number of nitrogens with one attached hydrogen (secondary N) is 1. The van der Waals surface area contributed by atoms with Gasteiger partial charge in [0.15, 0.2) is 11.5 Å². The monoisotopic (exact) mass is 302 g/mol. The van der Waals surface area contributed by atoms with Crippen LogP contribution in [0.15, 0.2) is 18.2 Å². The molecule has 0 fully saturated rings. The van der Waals surface area contributed by atoms with Crippen molar-refractivity contribution in [1.29, 1.82) is 0 Å². The molecule has 0 atom stereocenters. The highest BCUT2D eigenvalue weighted by Gasteiger charge is 2.15. The molecule has 1 aromatic heterocycles. The minimum Gasteiger partial charge on any atom is -0.493 e. The molecule has 2 aromatic rings. The van der Waals surface area contributed by atoms with E-state index in [1.54, 1.807) is 14.2 Å². The first-order valence-corrected chi connectivity index (χ1v) is 7.44. The number of nitrogens with zero attached hydrogens (tertiary/aromatic N) is 1. The molecule has 0 unspecified atom stereocenters. The predicted octanol–water partition coefficient (Wildman–Crippen LogP) is 3.24. The molecule has 0 bridgehead atoms. The van der Waals surface area contributed by atoms with Crippen LogP contribution in [0.2, 0.25) is 0 Å². The fourth-order valence-electron chi connectivity index (χ4n) is 2.78. The van der Waals surface area contributed by atoms with E-state index in [-0.39, 0.29) is 0 Å². The summed E-state index contributed by atoms with van der Waals surface area (Å²) in [6, 6.07) is 5.91. The second kappa shape index (κ2) is 5.85. The molecular weight excluding hydrogens is 284 g/mol. The summed E-state index contributed by atoms with van der Waals surface area (Å²) in [6.45, 7) is 0. The molecular formula is C16H18N2O2S. The van der Waals surface area contributed by atoms with Crippen LogP contribution in [-0.2, 0) is 19.3 Å². The first kappa shape index (κ1) is 14.1. The van der Waals surface area contributed by atoms with Crippen LogP contribution in [0.1, 0.15) is 29.1 Å². The first-order chi connectivity index (χ1) is 10.2. The Kier molecular flexibility index (Phi) is 3.92. The van der Waals surface area contributed by atoms with E-state index >= 15 is 0 Å². The molecule has 0 saturated carbocycles. The maximum Gasteiger partial charge on any atom is 0.161 e. The molecule has 0 spiro atoms. The van der Waals surface area contributed by atoms with E-state index in [0.717, 1.165) is 46.8 Å². The highest BCUT2D eigenvalue weighted by molar-refractivity contribution is 7.71. The van der Waals surface area contributed by atoms with Crippen LogP contribution in [-0.4, -0.2) is 24.2 Å². The topological polar surface area (TPSA) is 47.1 Å². The molecule has 1 aliphatic rings. The lowest BCUT2D eigenvalue weighted by Gasteiger charge is -2.10. The summed E-state index contributed by atoms with van der Waals surface area (Å²) in [6.07, 6.45) is 3.99. The molecule has 0 aliphatic heterocycles. The van der Waals surface area contributed by atoms with E-state index in [4.69, 9.17) is 21.7 Å². The summed E-state index contributed by atoms with van der Waals surface area (Å²) in [5, 5.41) is 0. The Balaban J connectivity index is 1.90. The second-order valence-electron chi connectivity index (χ2n) is 5.17. The number of ether oxygens (including phenoxy) is 2. The molecule has 1 heterocycles. The molecule has 1 aromatic carbocycles. The van der Waals surface area contributed by atoms with Crippen LogP contribution in [0.5, 0.6) is 11.5 Å². The SMILES string of the molecule is COc1ccc(Cc2nc(=S)c3c([nH]2)CCC3)cc1OC. The van der Waals surface area contributed by atoms with Crippen LogP contribution in [0.4, 0.5) is 0 Å². The largest absolute Gasteiger partial charge is 0.493 e. The van der Waals surface area contributed by atoms with E-state index in [1.807, 2.05) is 18.2 Å². The summed E-state index contributed by atoms with van der Waals surface area (Å²) in [7, 11) is 3.28. The van der Waals surface area contributed by atoms with Crippen molar-refractivity contribution in [2.24, 2.45) is 0 Å². The zero-order valence-corrected chi connectivity index (χ0v) is 13.0. The Bertz CT molecular complexity index is 725. The number of aromatic amines is 1. The van der Waals surface area contributed by atoms with Crippen molar-refractivity contribution >= 4 is 12.2 Å². The molecule has 1 aliphatic carbocycles. The van der Waals surface area contributed by atoms with E-state index in [2.05, 4.69) is 9.97 Å². The fraction of sp³-hybridized carbons (Fsp3) is 0.375. The van der Waals surface area contributed by atoms with Crippen molar-refractivity contribution in [3.05, 3.63) is 45.5 Å². The number of methoxy groups -OCH3 is 2. The molecule has 0 amide bonds. The zero-order chi connectivity index (χ0) is 14.8. The van der Waals surface area contributed by atoms with Gasteiger partial charge in [0.25, 0.3) is 0 Å². The van der Waals surface area contributed by atoms with Crippen molar-refractivity contribution in [2.45, 2.75) is 25.7 Å². The Morgan fingerprint density at radius 3 is 2.76 bits per heavy atom. The van der Waals surface area contributed by atoms with Gasteiger partial charge in [-0.3, -0.25) is 0 Å². The minimum absolute atomic E-state index is 0.706. The number of hydrogen-bond donors (Lipinski definition) is 1. The molecule has 0 radical (unpaired) electrons. The maximum atomic E-state index is 5.39. The standard InChI is InChI=1S/C16H18N2O2S/c1-19-13-7-6-10(8-14(13)20-2)9-15-17-12-5-3-4-11(12)16(21)18-15/h6-8H,3-5,9H2,1-2H3,(H,17,18,21). The molecule has 5 heteroatoms. The van der Waals surface area contributed by atoms with E-state index in [0.29, 0.717) is 6.42 Å². The van der Waals surface area contributed by atoms with E-state index < -0.39 is 0 Å². The van der Waals surface area contributed by atoms with Crippen molar-refractivity contribution in [1.82, 2.24) is 9.97 Å². The molecule has 110 valence electrons. The van der Waals surface area contributed by atoms with Crippen LogP contribution >= 0.6 is 12.2 Å². The summed E-state index contributed by atoms with van der Waals surface area (Å²) in [5.41, 5.74) is 3.59. The third kappa shape index (κ3) is 2.78. The van der Waals surface area contributed by atoms with Gasteiger partial charge < -0.3 is 14.5 Å². The first-order valence-electron chi connectivity index (χ1n) is 7.03. The van der Waals surface area contributed by atoms with Gasteiger partial charge in [0, 0.05) is 17.7 Å². The molecule has 0 saturated heterocycles. The van der Waals surface area contributed by atoms with Gasteiger partial charge in [-0.1, -0.05) is 18.3 Å². The van der Waals surface area contributed by atoms with Gasteiger partial charge in [-0.05, 0) is 37.0 Å². The van der Waals surface area contributed by atoms with Gasteiger partial charge in [0.2, 0.25) is 0 Å². The number of aryl methyl sites for hydroxylation is 1. The van der Waals surface area contributed by atoms with Gasteiger partial charge in [-0.25, -0.2) is 4.98 Å². The van der Waals surface area contributed by atoms with E-state index in [9.17, 15) is 0 Å². The van der Waals surface area contributed by atoms with E-state index in [1.165, 1.54) is 11.3 Å². The molecule has 4 nitrogen and oxygen atoms in total. The third-order valence-electron chi connectivity index (χ3n) is 3.83. The van der Waals surface area contributed by atoms with Crippen molar-refractivity contribution in [2.75, 3.05) is 14.2 Å². The average molecular weight is 302 g/mol. The Morgan fingerprint density at radius 1 is 1.19 bits per heavy atom. The quantitative estimate of drug-likeness (QED) is 0.881. The predicted molar refractivity (Wildman–Crippen MR) is 83.8 cm³/mol. The highest BCUT2D eigenvalue weighted by Crippen LogP contribution is 2.28. The summed E-state index contributed by atoms with van der Waals surface area (Å²) in [5.74, 6) is 2.37. The Labute approximate surface area is 129 Å². The zero-order valence-electron chi connectivity index (χ0n) is 12.2. The number of fused-ring (bicyclic) bond motifs is 1. The van der Waals surface area contributed by atoms with Crippen molar-refractivity contribution in [3.63, 3.8) is 0 Å². The second-order valence-corrected chi connectivity index (χ2v) is 5.55.